The van der Waals surface area contributed by atoms with Crippen LogP contribution in [0.4, 0.5) is 0 Å². The zero-order valence-electron chi connectivity index (χ0n) is 17.5. The highest BCUT2D eigenvalue weighted by molar-refractivity contribution is 7.91. The number of guanidine groups is 1. The molecule has 2 heterocycles. The van der Waals surface area contributed by atoms with Crippen LogP contribution in [0.5, 0.6) is 0 Å². The third kappa shape index (κ3) is 6.53. The molecule has 2 atom stereocenters. The Kier molecular flexibility index (Phi) is 8.26. The Balaban J connectivity index is 1.50. The first-order valence-corrected chi connectivity index (χ1v) is 12.7. The Morgan fingerprint density at radius 3 is 2.73 bits per heavy atom. The first-order valence-electron chi connectivity index (χ1n) is 10.3. The second-order valence-electron chi connectivity index (χ2n) is 7.43. The van der Waals surface area contributed by atoms with Gasteiger partial charge in [0, 0.05) is 38.3 Å². The minimum atomic E-state index is -3.44. The van der Waals surface area contributed by atoms with Crippen LogP contribution in [0.3, 0.4) is 0 Å². The van der Waals surface area contributed by atoms with Gasteiger partial charge >= 0.3 is 0 Å². The number of aliphatic imine (C=N–C) groups is 1. The molecule has 0 saturated carbocycles. The average molecular weight is 450 g/mol. The van der Waals surface area contributed by atoms with Crippen LogP contribution in [0.25, 0.3) is 0 Å². The summed E-state index contributed by atoms with van der Waals surface area (Å²) in [5.74, 6) is 0.728. The Morgan fingerprint density at radius 1 is 1.23 bits per heavy atom. The van der Waals surface area contributed by atoms with Crippen LogP contribution in [0.2, 0.25) is 0 Å². The molecular weight excluding hydrogens is 418 g/mol. The van der Waals surface area contributed by atoms with Crippen molar-refractivity contribution in [1.29, 1.82) is 0 Å². The van der Waals surface area contributed by atoms with E-state index in [0.29, 0.717) is 22.8 Å². The van der Waals surface area contributed by atoms with E-state index in [-0.39, 0.29) is 6.54 Å². The van der Waals surface area contributed by atoms with Crippen LogP contribution >= 0.6 is 11.3 Å². The zero-order valence-corrected chi connectivity index (χ0v) is 19.2. The van der Waals surface area contributed by atoms with E-state index in [2.05, 4.69) is 56.4 Å². The lowest BCUT2D eigenvalue weighted by Gasteiger charge is -2.21. The predicted molar refractivity (Wildman–Crippen MR) is 123 cm³/mol. The minimum absolute atomic E-state index is 0.262. The molecular formula is C21H31N5O2S2. The molecule has 164 valence electrons. The number of hydrogen-bond acceptors (Lipinski definition) is 5. The summed E-state index contributed by atoms with van der Waals surface area (Å²) in [4.78, 5) is 7.03. The molecule has 0 radical (unpaired) electrons. The van der Waals surface area contributed by atoms with Crippen molar-refractivity contribution >= 4 is 27.3 Å². The van der Waals surface area contributed by atoms with Gasteiger partial charge in [-0.3, -0.25) is 9.89 Å². The van der Waals surface area contributed by atoms with Gasteiger partial charge in [0.05, 0.1) is 6.54 Å². The highest BCUT2D eigenvalue weighted by Crippen LogP contribution is 2.20. The summed E-state index contributed by atoms with van der Waals surface area (Å²) in [6.45, 7) is 7.56. The van der Waals surface area contributed by atoms with Crippen LogP contribution in [-0.2, 0) is 16.6 Å². The Bertz CT molecular complexity index is 901. The lowest BCUT2D eigenvalue weighted by molar-refractivity contribution is 0.258. The average Bonchev–Trinajstić information content (AvgIpc) is 3.37. The number of likely N-dealkylation sites (tertiary alicyclic amines) is 1. The van der Waals surface area contributed by atoms with Crippen molar-refractivity contribution < 1.29 is 8.42 Å². The summed E-state index contributed by atoms with van der Waals surface area (Å²) in [7, 11) is -3.44. The predicted octanol–water partition coefficient (Wildman–Crippen LogP) is 2.24. The molecule has 1 fully saturated rings. The third-order valence-electron chi connectivity index (χ3n) is 5.05. The number of sulfonamides is 1. The van der Waals surface area contributed by atoms with Crippen molar-refractivity contribution in [1.82, 2.24) is 20.3 Å². The van der Waals surface area contributed by atoms with Gasteiger partial charge in [0.15, 0.2) is 5.96 Å². The molecule has 1 aliphatic rings. The van der Waals surface area contributed by atoms with Gasteiger partial charge in [-0.25, -0.2) is 13.1 Å². The molecule has 3 N–H and O–H groups in total. The van der Waals surface area contributed by atoms with Gasteiger partial charge in [-0.1, -0.05) is 36.4 Å². The molecule has 0 amide bonds. The number of nitrogens with zero attached hydrogens (tertiary/aromatic N) is 2. The van der Waals surface area contributed by atoms with Crippen LogP contribution < -0.4 is 15.4 Å². The standard InChI is InChI=1S/C21H31N5O2S2/c1-3-22-21(23-11-12-24-30(27,28)20-10-7-13-29-20)25-19-14-17(2)26(16-19)15-18-8-5-4-6-9-18/h4-10,13,17,19,24H,3,11-12,14-16H2,1-2H3,(H2,22,23,25). The van der Waals surface area contributed by atoms with Gasteiger partial charge in [0.2, 0.25) is 10.0 Å². The zero-order chi connectivity index (χ0) is 21.4. The van der Waals surface area contributed by atoms with Crippen molar-refractivity contribution in [2.45, 2.75) is 43.1 Å². The van der Waals surface area contributed by atoms with E-state index < -0.39 is 10.0 Å². The lowest BCUT2D eigenvalue weighted by atomic mass is 10.2. The monoisotopic (exact) mass is 449 g/mol. The molecule has 0 aliphatic carbocycles. The van der Waals surface area contributed by atoms with Gasteiger partial charge in [-0.2, -0.15) is 0 Å². The minimum Gasteiger partial charge on any atom is -0.357 e. The number of thiophene rings is 1. The van der Waals surface area contributed by atoms with Crippen LogP contribution in [0, 0.1) is 0 Å². The summed E-state index contributed by atoms with van der Waals surface area (Å²) in [5.41, 5.74) is 1.32. The maximum absolute atomic E-state index is 12.2. The fraction of sp³-hybridized carbons (Fsp3) is 0.476. The molecule has 2 unspecified atom stereocenters. The maximum Gasteiger partial charge on any atom is 0.250 e. The largest absolute Gasteiger partial charge is 0.357 e. The fourth-order valence-corrected chi connectivity index (χ4v) is 5.65. The molecule has 9 heteroatoms. The topological polar surface area (TPSA) is 85.8 Å². The Labute approximate surface area is 183 Å². The molecule has 1 aromatic carbocycles. The molecule has 1 aromatic heterocycles. The van der Waals surface area contributed by atoms with Crippen molar-refractivity contribution in [2.75, 3.05) is 26.2 Å². The highest BCUT2D eigenvalue weighted by atomic mass is 32.2. The third-order valence-corrected chi connectivity index (χ3v) is 7.91. The van der Waals surface area contributed by atoms with E-state index in [4.69, 9.17) is 0 Å². The van der Waals surface area contributed by atoms with Crippen LogP contribution in [-0.4, -0.2) is 57.5 Å². The normalized spacial score (nSPS) is 20.4. The molecule has 0 spiro atoms. The molecule has 1 aliphatic heterocycles. The first-order chi connectivity index (χ1) is 14.5. The molecule has 7 nitrogen and oxygen atoms in total. The van der Waals surface area contributed by atoms with Crippen LogP contribution in [0.1, 0.15) is 25.8 Å². The molecule has 30 heavy (non-hydrogen) atoms. The summed E-state index contributed by atoms with van der Waals surface area (Å²) in [6, 6.07) is 14.7. The highest BCUT2D eigenvalue weighted by Gasteiger charge is 2.29. The number of hydrogen-bond donors (Lipinski definition) is 3. The summed E-state index contributed by atoms with van der Waals surface area (Å²) >= 11 is 1.21. The molecule has 3 rings (SSSR count). The van der Waals surface area contributed by atoms with Crippen molar-refractivity contribution in [3.05, 3.63) is 53.4 Å². The van der Waals surface area contributed by atoms with Crippen molar-refractivity contribution in [3.63, 3.8) is 0 Å². The summed E-state index contributed by atoms with van der Waals surface area (Å²) in [6.07, 6.45) is 1.04. The van der Waals surface area contributed by atoms with Gasteiger partial charge in [-0.05, 0) is 37.3 Å². The Morgan fingerprint density at radius 2 is 2.03 bits per heavy atom. The summed E-state index contributed by atoms with van der Waals surface area (Å²) < 4.78 is 27.3. The van der Waals surface area contributed by atoms with E-state index >= 15 is 0 Å². The second-order valence-corrected chi connectivity index (χ2v) is 10.4. The van der Waals surface area contributed by atoms with E-state index in [1.165, 1.54) is 16.9 Å². The first kappa shape index (κ1) is 22.7. The van der Waals surface area contributed by atoms with E-state index in [0.717, 1.165) is 32.0 Å². The van der Waals surface area contributed by atoms with Crippen molar-refractivity contribution in [3.8, 4) is 0 Å². The van der Waals surface area contributed by atoms with Crippen molar-refractivity contribution in [2.24, 2.45) is 4.99 Å². The maximum atomic E-state index is 12.2. The smallest absolute Gasteiger partial charge is 0.250 e. The number of benzene rings is 1. The number of nitrogens with one attached hydrogen (secondary N) is 3. The molecule has 1 saturated heterocycles. The van der Waals surface area contributed by atoms with E-state index in [9.17, 15) is 8.42 Å². The molecule has 2 aromatic rings. The summed E-state index contributed by atoms with van der Waals surface area (Å²) in [5, 5.41) is 8.52. The van der Waals surface area contributed by atoms with Gasteiger partial charge in [-0.15, -0.1) is 11.3 Å². The van der Waals surface area contributed by atoms with Gasteiger partial charge < -0.3 is 10.6 Å². The molecule has 0 bridgehead atoms. The lowest BCUT2D eigenvalue weighted by Crippen LogP contribution is -2.45. The van der Waals surface area contributed by atoms with Gasteiger partial charge in [0.25, 0.3) is 0 Å². The van der Waals surface area contributed by atoms with E-state index in [1.54, 1.807) is 17.5 Å². The second kappa shape index (κ2) is 10.9. The van der Waals surface area contributed by atoms with Crippen LogP contribution in [0.15, 0.2) is 57.0 Å². The SMILES string of the molecule is CCNC(=NCCNS(=O)(=O)c1cccs1)NC1CC(C)N(Cc2ccccc2)C1. The van der Waals surface area contributed by atoms with Gasteiger partial charge in [0.1, 0.15) is 4.21 Å². The Hall–Kier alpha value is -1.94. The quantitative estimate of drug-likeness (QED) is 0.311. The number of rotatable bonds is 9. The fourth-order valence-electron chi connectivity index (χ4n) is 3.59. The van der Waals surface area contributed by atoms with E-state index in [1.807, 2.05) is 13.0 Å².